The Hall–Kier alpha value is -2.04. The molecule has 0 aliphatic carbocycles. The molecule has 0 radical (unpaired) electrons. The van der Waals surface area contributed by atoms with Gasteiger partial charge in [-0.2, -0.15) is 5.26 Å². The summed E-state index contributed by atoms with van der Waals surface area (Å²) in [4.78, 5) is 0.0900. The van der Waals surface area contributed by atoms with Crippen LogP contribution >= 0.6 is 15.9 Å². The highest BCUT2D eigenvalue weighted by atomic mass is 79.9. The summed E-state index contributed by atoms with van der Waals surface area (Å²) >= 11 is 3.25. The van der Waals surface area contributed by atoms with Gasteiger partial charge in [0.15, 0.2) is 0 Å². The van der Waals surface area contributed by atoms with E-state index in [0.29, 0.717) is 10.2 Å². The van der Waals surface area contributed by atoms with E-state index in [4.69, 9.17) is 10.00 Å². The van der Waals surface area contributed by atoms with Gasteiger partial charge in [0.2, 0.25) is 0 Å². The number of rotatable bonds is 4. The molecular formula is C14H11BrN2O3S. The monoisotopic (exact) mass is 366 g/mol. The van der Waals surface area contributed by atoms with Crippen molar-refractivity contribution in [2.75, 3.05) is 11.8 Å². The van der Waals surface area contributed by atoms with Crippen LogP contribution in [0.5, 0.6) is 5.75 Å². The number of sulfonamides is 1. The Bertz CT molecular complexity index is 796. The lowest BCUT2D eigenvalue weighted by atomic mass is 10.2. The standard InChI is InChI=1S/C14H11BrN2O3S/c1-20-12-4-6-13(7-5-12)21(18,19)17-14-8-11(15)3-2-10(14)9-16/h2-8,17H,1H3. The van der Waals surface area contributed by atoms with Crippen molar-refractivity contribution in [2.45, 2.75) is 4.90 Å². The van der Waals surface area contributed by atoms with E-state index in [1.54, 1.807) is 24.3 Å². The molecule has 0 aliphatic rings. The van der Waals surface area contributed by atoms with E-state index in [-0.39, 0.29) is 16.1 Å². The maximum atomic E-state index is 12.3. The number of anilines is 1. The van der Waals surface area contributed by atoms with Crippen LogP contribution in [0, 0.1) is 11.3 Å². The van der Waals surface area contributed by atoms with Crippen molar-refractivity contribution in [2.24, 2.45) is 0 Å². The third kappa shape index (κ3) is 3.54. The molecule has 2 aromatic rings. The van der Waals surface area contributed by atoms with Gasteiger partial charge in [-0.1, -0.05) is 15.9 Å². The van der Waals surface area contributed by atoms with Crippen LogP contribution in [0.2, 0.25) is 0 Å². The van der Waals surface area contributed by atoms with Crippen LogP contribution in [0.1, 0.15) is 5.56 Å². The highest BCUT2D eigenvalue weighted by Crippen LogP contribution is 2.24. The summed E-state index contributed by atoms with van der Waals surface area (Å²) in [7, 11) is -2.26. The first-order valence-corrected chi connectivity index (χ1v) is 8.10. The first-order chi connectivity index (χ1) is 9.96. The van der Waals surface area contributed by atoms with Gasteiger partial charge in [0.25, 0.3) is 10.0 Å². The van der Waals surface area contributed by atoms with Gasteiger partial charge < -0.3 is 4.74 Å². The Labute approximate surface area is 131 Å². The van der Waals surface area contributed by atoms with Crippen LogP contribution in [0.4, 0.5) is 5.69 Å². The van der Waals surface area contributed by atoms with Crippen LogP contribution in [0.3, 0.4) is 0 Å². The normalized spacial score (nSPS) is 10.7. The first kappa shape index (κ1) is 15.4. The van der Waals surface area contributed by atoms with Crippen molar-refractivity contribution in [1.29, 1.82) is 5.26 Å². The average molecular weight is 367 g/mol. The smallest absolute Gasteiger partial charge is 0.261 e. The molecule has 0 saturated heterocycles. The van der Waals surface area contributed by atoms with E-state index in [9.17, 15) is 8.42 Å². The number of hydrogen-bond donors (Lipinski definition) is 1. The Morgan fingerprint density at radius 3 is 2.43 bits per heavy atom. The quantitative estimate of drug-likeness (QED) is 0.901. The summed E-state index contributed by atoms with van der Waals surface area (Å²) in [6.45, 7) is 0. The molecule has 0 bridgehead atoms. The molecule has 0 aliphatic heterocycles. The summed E-state index contributed by atoms with van der Waals surface area (Å²) < 4.78 is 32.7. The van der Waals surface area contributed by atoms with Crippen LogP contribution in [-0.2, 0) is 10.0 Å². The Morgan fingerprint density at radius 2 is 1.86 bits per heavy atom. The molecule has 0 atom stereocenters. The molecule has 108 valence electrons. The Morgan fingerprint density at radius 1 is 1.19 bits per heavy atom. The molecule has 21 heavy (non-hydrogen) atoms. The lowest BCUT2D eigenvalue weighted by molar-refractivity contribution is 0.414. The molecule has 1 N–H and O–H groups in total. The van der Waals surface area contributed by atoms with Crippen LogP contribution in [-0.4, -0.2) is 15.5 Å². The van der Waals surface area contributed by atoms with Crippen LogP contribution in [0.15, 0.2) is 51.8 Å². The molecule has 0 unspecified atom stereocenters. The van der Waals surface area contributed by atoms with Crippen LogP contribution in [0.25, 0.3) is 0 Å². The van der Waals surface area contributed by atoms with E-state index < -0.39 is 10.0 Å². The second kappa shape index (κ2) is 6.16. The lowest BCUT2D eigenvalue weighted by Crippen LogP contribution is -2.13. The molecule has 2 rings (SSSR count). The van der Waals surface area contributed by atoms with Crippen molar-refractivity contribution in [3.8, 4) is 11.8 Å². The maximum Gasteiger partial charge on any atom is 0.261 e. The van der Waals surface area contributed by atoms with Crippen molar-refractivity contribution in [1.82, 2.24) is 0 Å². The lowest BCUT2D eigenvalue weighted by Gasteiger charge is -2.10. The molecule has 0 amide bonds. The van der Waals surface area contributed by atoms with E-state index in [2.05, 4.69) is 20.7 Å². The van der Waals surface area contributed by atoms with Crippen molar-refractivity contribution >= 4 is 31.6 Å². The molecule has 5 nitrogen and oxygen atoms in total. The van der Waals surface area contributed by atoms with E-state index in [1.807, 2.05) is 6.07 Å². The highest BCUT2D eigenvalue weighted by molar-refractivity contribution is 9.10. The molecule has 0 fully saturated rings. The van der Waals surface area contributed by atoms with Gasteiger partial charge in [0.05, 0.1) is 23.3 Å². The number of nitrogens with zero attached hydrogens (tertiary/aromatic N) is 1. The third-order valence-corrected chi connectivity index (χ3v) is 4.59. The van der Waals surface area contributed by atoms with Gasteiger partial charge in [-0.05, 0) is 42.5 Å². The first-order valence-electron chi connectivity index (χ1n) is 5.83. The summed E-state index contributed by atoms with van der Waals surface area (Å²) in [6, 6.07) is 12.7. The summed E-state index contributed by atoms with van der Waals surface area (Å²) in [5.74, 6) is 0.564. The van der Waals surface area contributed by atoms with E-state index >= 15 is 0 Å². The molecule has 7 heteroatoms. The SMILES string of the molecule is COc1ccc(S(=O)(=O)Nc2cc(Br)ccc2C#N)cc1. The predicted octanol–water partition coefficient (Wildman–Crippen LogP) is 3.13. The fourth-order valence-electron chi connectivity index (χ4n) is 1.66. The second-order valence-electron chi connectivity index (χ2n) is 4.08. The van der Waals surface area contributed by atoms with Crippen molar-refractivity contribution in [3.05, 3.63) is 52.5 Å². The van der Waals surface area contributed by atoms with E-state index in [1.165, 1.54) is 25.3 Å². The number of halogens is 1. The topological polar surface area (TPSA) is 79.2 Å². The minimum Gasteiger partial charge on any atom is -0.497 e. The van der Waals surface area contributed by atoms with Gasteiger partial charge in [0.1, 0.15) is 11.8 Å². The number of methoxy groups -OCH3 is 1. The predicted molar refractivity (Wildman–Crippen MR) is 82.7 cm³/mol. The minimum atomic E-state index is -3.77. The summed E-state index contributed by atoms with van der Waals surface area (Å²) in [5, 5.41) is 9.03. The maximum absolute atomic E-state index is 12.3. The largest absolute Gasteiger partial charge is 0.497 e. The van der Waals surface area contributed by atoms with Crippen molar-refractivity contribution in [3.63, 3.8) is 0 Å². The second-order valence-corrected chi connectivity index (χ2v) is 6.68. The molecule has 0 heterocycles. The fourth-order valence-corrected chi connectivity index (χ4v) is 3.09. The number of ether oxygens (including phenoxy) is 1. The molecule has 0 saturated carbocycles. The fraction of sp³-hybridized carbons (Fsp3) is 0.0714. The summed E-state index contributed by atoms with van der Waals surface area (Å²) in [6.07, 6.45) is 0. The van der Waals surface area contributed by atoms with Gasteiger partial charge in [-0.15, -0.1) is 0 Å². The van der Waals surface area contributed by atoms with E-state index in [0.717, 1.165) is 0 Å². The number of benzene rings is 2. The number of nitriles is 1. The summed E-state index contributed by atoms with van der Waals surface area (Å²) in [5.41, 5.74) is 0.470. The van der Waals surface area contributed by atoms with Gasteiger partial charge in [-0.25, -0.2) is 8.42 Å². The zero-order chi connectivity index (χ0) is 15.5. The highest BCUT2D eigenvalue weighted by Gasteiger charge is 2.16. The minimum absolute atomic E-state index is 0.0900. The zero-order valence-electron chi connectivity index (χ0n) is 11.0. The van der Waals surface area contributed by atoms with Gasteiger partial charge in [-0.3, -0.25) is 4.72 Å². The van der Waals surface area contributed by atoms with Gasteiger partial charge in [0, 0.05) is 4.47 Å². The Kier molecular flexibility index (Phi) is 4.50. The zero-order valence-corrected chi connectivity index (χ0v) is 13.4. The Balaban J connectivity index is 2.37. The average Bonchev–Trinajstić information content (AvgIpc) is 2.47. The third-order valence-electron chi connectivity index (χ3n) is 2.72. The number of hydrogen-bond acceptors (Lipinski definition) is 4. The van der Waals surface area contributed by atoms with Crippen LogP contribution < -0.4 is 9.46 Å². The van der Waals surface area contributed by atoms with Gasteiger partial charge >= 0.3 is 0 Å². The molecular weight excluding hydrogens is 356 g/mol. The molecule has 0 aromatic heterocycles. The molecule has 2 aromatic carbocycles. The van der Waals surface area contributed by atoms with Crippen molar-refractivity contribution < 1.29 is 13.2 Å². The molecule has 0 spiro atoms. The number of nitrogens with one attached hydrogen (secondary N) is 1.